The molecule has 29 heavy (non-hydrogen) atoms. The molecule has 0 aliphatic heterocycles. The van der Waals surface area contributed by atoms with Crippen molar-refractivity contribution in [3.63, 3.8) is 0 Å². The molecule has 0 aliphatic rings. The number of hydrogen-bond acceptors (Lipinski definition) is 5. The molecule has 0 saturated heterocycles. The largest absolute Gasteiger partial charge is 0.443 e. The van der Waals surface area contributed by atoms with Gasteiger partial charge in [-0.15, -0.1) is 0 Å². The molecule has 0 fully saturated rings. The maximum Gasteiger partial charge on any atom is 0.419 e. The number of ether oxygens (including phenoxy) is 1. The van der Waals surface area contributed by atoms with Crippen molar-refractivity contribution in [3.8, 4) is 0 Å². The van der Waals surface area contributed by atoms with E-state index in [4.69, 9.17) is 28.6 Å². The van der Waals surface area contributed by atoms with E-state index in [1.54, 1.807) is 29.0 Å². The molecule has 3 aromatic heterocycles. The summed E-state index contributed by atoms with van der Waals surface area (Å²) in [4.78, 5) is 34.5. The summed E-state index contributed by atoms with van der Waals surface area (Å²) in [5.74, 6) is 0. The van der Waals surface area contributed by atoms with E-state index in [0.717, 1.165) is 10.9 Å². The molecule has 0 spiro atoms. The van der Waals surface area contributed by atoms with Gasteiger partial charge in [-0.3, -0.25) is 18.9 Å². The summed E-state index contributed by atoms with van der Waals surface area (Å²) in [5.41, 5.74) is 1.22. The van der Waals surface area contributed by atoms with Gasteiger partial charge in [-0.1, -0.05) is 11.6 Å². The summed E-state index contributed by atoms with van der Waals surface area (Å²) in [6.07, 6.45) is 2.64. The van der Waals surface area contributed by atoms with Crippen LogP contribution in [0.15, 0.2) is 35.5 Å². The molecule has 1 aromatic carbocycles. The van der Waals surface area contributed by atoms with E-state index in [0.29, 0.717) is 21.7 Å². The minimum atomic E-state index is -0.636. The third-order valence-electron chi connectivity index (χ3n) is 4.34. The number of imidazole rings is 1. The van der Waals surface area contributed by atoms with Crippen LogP contribution in [0, 0.1) is 4.77 Å². The Bertz CT molecular complexity index is 1370. The van der Waals surface area contributed by atoms with Gasteiger partial charge in [0.05, 0.1) is 18.4 Å². The maximum atomic E-state index is 12.7. The lowest BCUT2D eigenvalue weighted by Gasteiger charge is -2.19. The summed E-state index contributed by atoms with van der Waals surface area (Å²) in [7, 11) is 0. The second kappa shape index (κ2) is 6.85. The van der Waals surface area contributed by atoms with E-state index in [1.807, 2.05) is 20.8 Å². The fourth-order valence-corrected chi connectivity index (χ4v) is 3.57. The molecule has 0 bridgehead atoms. The number of H-pyrrole nitrogens is 2. The van der Waals surface area contributed by atoms with Gasteiger partial charge in [0, 0.05) is 16.6 Å². The summed E-state index contributed by atoms with van der Waals surface area (Å²) in [6, 6.07) is 5.26. The van der Waals surface area contributed by atoms with Crippen LogP contribution in [-0.2, 0) is 11.3 Å². The number of hydrogen-bond donors (Lipinski definition) is 2. The van der Waals surface area contributed by atoms with Crippen LogP contribution in [-0.4, -0.2) is 35.8 Å². The number of aromatic amines is 2. The Morgan fingerprint density at radius 2 is 2.10 bits per heavy atom. The first-order chi connectivity index (χ1) is 13.6. The Labute approximate surface area is 175 Å². The normalized spacial score (nSPS) is 12.0. The summed E-state index contributed by atoms with van der Waals surface area (Å²) < 4.78 is 8.89. The third kappa shape index (κ3) is 3.58. The molecule has 0 aliphatic carbocycles. The van der Waals surface area contributed by atoms with Crippen LogP contribution >= 0.6 is 23.8 Å². The molecule has 0 unspecified atom stereocenters. The van der Waals surface area contributed by atoms with E-state index in [2.05, 4.69) is 15.0 Å². The molecule has 3 heterocycles. The standard InChI is InChI=1S/C19H18ClN5O3S/c1-19(2,3)28-18(27)24-7-10(12-6-11(20)4-5-13(12)24)8-25-15-14(21-9-22-15)16(26)23-17(25)29/h4-7,9H,8H2,1-3H3,(H,21,22)(H,23,26,29). The smallest absolute Gasteiger partial charge is 0.419 e. The molecule has 0 saturated carbocycles. The third-order valence-corrected chi connectivity index (χ3v) is 4.89. The number of nitrogens with one attached hydrogen (secondary N) is 2. The van der Waals surface area contributed by atoms with Crippen molar-refractivity contribution in [2.75, 3.05) is 0 Å². The summed E-state index contributed by atoms with van der Waals surface area (Å²) in [6.45, 7) is 5.70. The lowest BCUT2D eigenvalue weighted by atomic mass is 10.2. The zero-order chi connectivity index (χ0) is 20.9. The lowest BCUT2D eigenvalue weighted by Crippen LogP contribution is -2.26. The summed E-state index contributed by atoms with van der Waals surface area (Å²) in [5, 5.41) is 1.32. The lowest BCUT2D eigenvalue weighted by molar-refractivity contribution is 0.0544. The minimum Gasteiger partial charge on any atom is -0.443 e. The van der Waals surface area contributed by atoms with Gasteiger partial charge in [0.2, 0.25) is 0 Å². The van der Waals surface area contributed by atoms with Crippen LogP contribution in [0.4, 0.5) is 4.79 Å². The fraction of sp³-hybridized carbons (Fsp3) is 0.263. The molecule has 4 aromatic rings. The highest BCUT2D eigenvalue weighted by molar-refractivity contribution is 7.71. The van der Waals surface area contributed by atoms with Crippen molar-refractivity contribution in [1.29, 1.82) is 0 Å². The number of halogens is 1. The zero-order valence-electron chi connectivity index (χ0n) is 15.9. The van der Waals surface area contributed by atoms with Crippen LogP contribution < -0.4 is 5.56 Å². The molecule has 0 amide bonds. The molecule has 150 valence electrons. The predicted molar refractivity (Wildman–Crippen MR) is 113 cm³/mol. The van der Waals surface area contributed by atoms with Gasteiger partial charge in [0.15, 0.2) is 10.4 Å². The Balaban J connectivity index is 1.88. The van der Waals surface area contributed by atoms with Gasteiger partial charge in [0.25, 0.3) is 5.56 Å². The number of carbonyl (C=O) groups is 1. The first-order valence-corrected chi connectivity index (χ1v) is 9.62. The van der Waals surface area contributed by atoms with Crippen LogP contribution in [0.5, 0.6) is 0 Å². The highest BCUT2D eigenvalue weighted by atomic mass is 35.5. The Morgan fingerprint density at radius 3 is 2.83 bits per heavy atom. The number of nitrogens with zero attached hydrogens (tertiary/aromatic N) is 3. The van der Waals surface area contributed by atoms with Crippen molar-refractivity contribution in [2.24, 2.45) is 0 Å². The molecule has 0 radical (unpaired) electrons. The van der Waals surface area contributed by atoms with E-state index in [9.17, 15) is 9.59 Å². The van der Waals surface area contributed by atoms with Crippen molar-refractivity contribution >= 4 is 52.0 Å². The first kappa shape index (κ1) is 19.4. The Kier molecular flexibility index (Phi) is 4.59. The zero-order valence-corrected chi connectivity index (χ0v) is 17.5. The van der Waals surface area contributed by atoms with E-state index in [1.165, 1.54) is 10.9 Å². The number of rotatable bonds is 2. The van der Waals surface area contributed by atoms with E-state index in [-0.39, 0.29) is 16.9 Å². The molecule has 2 N–H and O–H groups in total. The fourth-order valence-electron chi connectivity index (χ4n) is 3.16. The van der Waals surface area contributed by atoms with Gasteiger partial charge in [-0.2, -0.15) is 0 Å². The quantitative estimate of drug-likeness (QED) is 0.463. The van der Waals surface area contributed by atoms with Crippen molar-refractivity contribution in [3.05, 3.63) is 56.4 Å². The Hall–Kier alpha value is -2.91. The molecule has 4 rings (SSSR count). The van der Waals surface area contributed by atoms with Crippen LogP contribution in [0.1, 0.15) is 26.3 Å². The maximum absolute atomic E-state index is 12.7. The number of fused-ring (bicyclic) bond motifs is 2. The van der Waals surface area contributed by atoms with Gasteiger partial charge in [-0.05, 0) is 56.8 Å². The van der Waals surface area contributed by atoms with Crippen molar-refractivity contribution < 1.29 is 9.53 Å². The second-order valence-corrected chi connectivity index (χ2v) is 8.44. The molecule has 10 heteroatoms. The first-order valence-electron chi connectivity index (χ1n) is 8.83. The number of aromatic nitrogens is 5. The predicted octanol–water partition coefficient (Wildman–Crippen LogP) is 4.22. The van der Waals surface area contributed by atoms with Crippen LogP contribution in [0.3, 0.4) is 0 Å². The van der Waals surface area contributed by atoms with Gasteiger partial charge in [0.1, 0.15) is 11.1 Å². The van der Waals surface area contributed by atoms with Gasteiger partial charge < -0.3 is 9.72 Å². The highest BCUT2D eigenvalue weighted by Crippen LogP contribution is 2.27. The van der Waals surface area contributed by atoms with Crippen molar-refractivity contribution in [1.82, 2.24) is 24.1 Å². The highest BCUT2D eigenvalue weighted by Gasteiger charge is 2.21. The van der Waals surface area contributed by atoms with E-state index >= 15 is 0 Å². The molecule has 0 atom stereocenters. The van der Waals surface area contributed by atoms with Crippen molar-refractivity contribution in [2.45, 2.75) is 32.9 Å². The molecular weight excluding hydrogens is 414 g/mol. The van der Waals surface area contributed by atoms with Crippen LogP contribution in [0.25, 0.3) is 22.1 Å². The second-order valence-electron chi connectivity index (χ2n) is 7.61. The minimum absolute atomic E-state index is 0.231. The average Bonchev–Trinajstić information content (AvgIpc) is 3.22. The SMILES string of the molecule is CC(C)(C)OC(=O)n1cc(Cn2c(=S)[nH]c(=O)c3[nH]cnc32)c2cc(Cl)ccc21. The van der Waals surface area contributed by atoms with Gasteiger partial charge >= 0.3 is 6.09 Å². The average molecular weight is 432 g/mol. The summed E-state index contributed by atoms with van der Waals surface area (Å²) >= 11 is 11.5. The topological polar surface area (TPSA) is 97.7 Å². The molecule has 8 nitrogen and oxygen atoms in total. The van der Waals surface area contributed by atoms with E-state index < -0.39 is 11.7 Å². The van der Waals surface area contributed by atoms with Crippen LogP contribution in [0.2, 0.25) is 5.02 Å². The number of carbonyl (C=O) groups excluding carboxylic acids is 1. The number of benzene rings is 1. The Morgan fingerprint density at radius 1 is 1.34 bits per heavy atom. The molecular formula is C19H18ClN5O3S. The van der Waals surface area contributed by atoms with Gasteiger partial charge in [-0.25, -0.2) is 9.78 Å². The monoisotopic (exact) mass is 431 g/mol.